The van der Waals surface area contributed by atoms with Gasteiger partial charge in [0, 0.05) is 18.3 Å². The number of carbonyl (C=O) groups is 2. The standard InChI is InChI=1S/C23H27N5O3/c1-14(2)21-22(29)28(23(30)27(21)11-18-8-6-7-15(3)9-18)19-10-24-26(12-19)13-20-16(4)25-31-17(20)5/h6-10,12,14,21H,11,13H2,1-5H3/t21-/m0/s1. The molecular weight excluding hydrogens is 394 g/mol. The van der Waals surface area contributed by atoms with E-state index in [2.05, 4.69) is 10.3 Å². The van der Waals surface area contributed by atoms with E-state index < -0.39 is 6.04 Å². The minimum absolute atomic E-state index is 0.0105. The molecule has 1 aliphatic rings. The smallest absolute Gasteiger partial charge is 0.332 e. The number of amides is 3. The van der Waals surface area contributed by atoms with Crippen LogP contribution in [0.3, 0.4) is 0 Å². The van der Waals surface area contributed by atoms with Gasteiger partial charge in [-0.05, 0) is 32.3 Å². The van der Waals surface area contributed by atoms with Crippen molar-refractivity contribution in [3.05, 3.63) is 64.8 Å². The fraction of sp³-hybridized carbons (Fsp3) is 0.391. The van der Waals surface area contributed by atoms with Crippen molar-refractivity contribution >= 4 is 17.6 Å². The first kappa shape index (κ1) is 20.8. The molecule has 0 aliphatic carbocycles. The third-order valence-electron chi connectivity index (χ3n) is 5.69. The molecule has 2 aromatic heterocycles. The third kappa shape index (κ3) is 3.85. The zero-order valence-electron chi connectivity index (χ0n) is 18.5. The highest BCUT2D eigenvalue weighted by atomic mass is 16.5. The van der Waals surface area contributed by atoms with E-state index in [-0.39, 0.29) is 17.9 Å². The van der Waals surface area contributed by atoms with Crippen molar-refractivity contribution < 1.29 is 14.1 Å². The lowest BCUT2D eigenvalue weighted by Gasteiger charge is -2.24. The van der Waals surface area contributed by atoms with Gasteiger partial charge in [-0.3, -0.25) is 9.48 Å². The summed E-state index contributed by atoms with van der Waals surface area (Å²) in [5.74, 6) is 0.500. The van der Waals surface area contributed by atoms with Crippen molar-refractivity contribution in [2.45, 2.75) is 53.8 Å². The Hall–Kier alpha value is -3.42. The molecule has 4 rings (SSSR count). The summed E-state index contributed by atoms with van der Waals surface area (Å²) in [6.45, 7) is 10.5. The monoisotopic (exact) mass is 421 g/mol. The molecule has 1 aliphatic heterocycles. The second-order valence-electron chi connectivity index (χ2n) is 8.46. The highest BCUT2D eigenvalue weighted by Crippen LogP contribution is 2.30. The van der Waals surface area contributed by atoms with Gasteiger partial charge >= 0.3 is 6.03 Å². The molecular formula is C23H27N5O3. The molecule has 0 saturated carbocycles. The summed E-state index contributed by atoms with van der Waals surface area (Å²) in [5.41, 5.74) is 4.33. The number of aryl methyl sites for hydroxylation is 3. The number of aromatic nitrogens is 3. The lowest BCUT2D eigenvalue weighted by molar-refractivity contribution is -0.120. The SMILES string of the molecule is Cc1cccc(CN2C(=O)N(c3cnn(Cc4c(C)noc4C)c3)C(=O)[C@@H]2C(C)C)c1. The van der Waals surface area contributed by atoms with Crippen LogP contribution in [0.1, 0.15) is 42.0 Å². The number of hydrogen-bond acceptors (Lipinski definition) is 5. The minimum Gasteiger partial charge on any atom is -0.361 e. The maximum Gasteiger partial charge on any atom is 0.332 e. The molecule has 162 valence electrons. The first-order valence-electron chi connectivity index (χ1n) is 10.4. The van der Waals surface area contributed by atoms with Crippen LogP contribution in [0.25, 0.3) is 0 Å². The Morgan fingerprint density at radius 2 is 1.90 bits per heavy atom. The van der Waals surface area contributed by atoms with E-state index in [0.29, 0.717) is 18.8 Å². The van der Waals surface area contributed by atoms with Gasteiger partial charge in [0.2, 0.25) is 0 Å². The summed E-state index contributed by atoms with van der Waals surface area (Å²) in [6.07, 6.45) is 3.27. The molecule has 8 heteroatoms. The summed E-state index contributed by atoms with van der Waals surface area (Å²) in [7, 11) is 0. The van der Waals surface area contributed by atoms with Crippen molar-refractivity contribution in [1.29, 1.82) is 0 Å². The molecule has 0 bridgehead atoms. The first-order valence-corrected chi connectivity index (χ1v) is 10.4. The van der Waals surface area contributed by atoms with Crippen LogP contribution >= 0.6 is 0 Å². The van der Waals surface area contributed by atoms with Crippen LogP contribution < -0.4 is 4.90 Å². The second kappa shape index (κ2) is 8.02. The Morgan fingerprint density at radius 3 is 2.55 bits per heavy atom. The summed E-state index contributed by atoms with van der Waals surface area (Å²) in [4.78, 5) is 29.5. The number of imide groups is 1. The normalized spacial score (nSPS) is 16.8. The quantitative estimate of drug-likeness (QED) is 0.565. The first-order chi connectivity index (χ1) is 14.8. The van der Waals surface area contributed by atoms with Gasteiger partial charge in [-0.1, -0.05) is 48.8 Å². The number of rotatable bonds is 6. The lowest BCUT2D eigenvalue weighted by atomic mass is 10.0. The van der Waals surface area contributed by atoms with Crippen LogP contribution in [0.2, 0.25) is 0 Å². The topological polar surface area (TPSA) is 84.5 Å². The summed E-state index contributed by atoms with van der Waals surface area (Å²) in [5, 5.41) is 8.32. The number of hydrogen-bond donors (Lipinski definition) is 0. The molecule has 0 spiro atoms. The Labute approximate surface area is 181 Å². The molecule has 0 N–H and O–H groups in total. The van der Waals surface area contributed by atoms with Crippen molar-refractivity contribution in [2.75, 3.05) is 4.90 Å². The largest absolute Gasteiger partial charge is 0.361 e. The van der Waals surface area contributed by atoms with Crippen LogP contribution in [-0.4, -0.2) is 37.8 Å². The molecule has 3 aromatic rings. The fourth-order valence-electron chi connectivity index (χ4n) is 4.11. The lowest BCUT2D eigenvalue weighted by Crippen LogP contribution is -2.38. The number of urea groups is 1. The molecule has 1 fully saturated rings. The summed E-state index contributed by atoms with van der Waals surface area (Å²) < 4.78 is 6.90. The Kier molecular flexibility index (Phi) is 5.39. The molecule has 1 aromatic carbocycles. The van der Waals surface area contributed by atoms with E-state index in [0.717, 1.165) is 28.1 Å². The number of carbonyl (C=O) groups excluding carboxylic acids is 2. The second-order valence-corrected chi connectivity index (χ2v) is 8.46. The zero-order chi connectivity index (χ0) is 22.3. The van der Waals surface area contributed by atoms with Crippen molar-refractivity contribution in [3.8, 4) is 0 Å². The van der Waals surface area contributed by atoms with E-state index in [4.69, 9.17) is 4.52 Å². The Balaban J connectivity index is 1.60. The van der Waals surface area contributed by atoms with Gasteiger partial charge in [-0.2, -0.15) is 5.10 Å². The van der Waals surface area contributed by atoms with Gasteiger partial charge in [-0.25, -0.2) is 9.69 Å². The molecule has 3 amide bonds. The average Bonchev–Trinajstić information content (AvgIpc) is 3.35. The molecule has 0 unspecified atom stereocenters. The van der Waals surface area contributed by atoms with Crippen LogP contribution in [0.5, 0.6) is 0 Å². The number of anilines is 1. The Bertz CT molecular complexity index is 1110. The van der Waals surface area contributed by atoms with Gasteiger partial charge in [0.05, 0.1) is 24.1 Å². The highest BCUT2D eigenvalue weighted by Gasteiger charge is 2.47. The predicted octanol–water partition coefficient (Wildman–Crippen LogP) is 3.84. The van der Waals surface area contributed by atoms with Crippen LogP contribution in [0.4, 0.5) is 10.5 Å². The maximum absolute atomic E-state index is 13.3. The van der Waals surface area contributed by atoms with E-state index >= 15 is 0 Å². The van der Waals surface area contributed by atoms with E-state index in [9.17, 15) is 9.59 Å². The molecule has 0 radical (unpaired) electrons. The summed E-state index contributed by atoms with van der Waals surface area (Å²) >= 11 is 0. The molecule has 8 nitrogen and oxygen atoms in total. The van der Waals surface area contributed by atoms with Crippen LogP contribution in [0.15, 0.2) is 41.2 Å². The van der Waals surface area contributed by atoms with Gasteiger partial charge in [-0.15, -0.1) is 0 Å². The fourth-order valence-corrected chi connectivity index (χ4v) is 4.11. The molecule has 1 saturated heterocycles. The van der Waals surface area contributed by atoms with Gasteiger partial charge < -0.3 is 9.42 Å². The zero-order valence-corrected chi connectivity index (χ0v) is 18.5. The van der Waals surface area contributed by atoms with E-state index in [1.54, 1.807) is 22.0 Å². The average molecular weight is 422 g/mol. The van der Waals surface area contributed by atoms with Crippen LogP contribution in [0, 0.1) is 26.7 Å². The van der Waals surface area contributed by atoms with Crippen molar-refractivity contribution in [3.63, 3.8) is 0 Å². The van der Waals surface area contributed by atoms with E-state index in [1.807, 2.05) is 58.9 Å². The number of benzene rings is 1. The third-order valence-corrected chi connectivity index (χ3v) is 5.69. The molecule has 31 heavy (non-hydrogen) atoms. The molecule has 1 atom stereocenters. The summed E-state index contributed by atoms with van der Waals surface area (Å²) in [6, 6.07) is 7.17. The minimum atomic E-state index is -0.515. The Morgan fingerprint density at radius 1 is 1.13 bits per heavy atom. The van der Waals surface area contributed by atoms with Gasteiger partial charge in [0.1, 0.15) is 11.8 Å². The van der Waals surface area contributed by atoms with Gasteiger partial charge in [0.25, 0.3) is 5.91 Å². The van der Waals surface area contributed by atoms with Crippen molar-refractivity contribution in [1.82, 2.24) is 19.8 Å². The van der Waals surface area contributed by atoms with Crippen LogP contribution in [-0.2, 0) is 17.9 Å². The number of nitrogens with zero attached hydrogens (tertiary/aromatic N) is 5. The highest BCUT2D eigenvalue weighted by molar-refractivity contribution is 6.21. The maximum atomic E-state index is 13.3. The van der Waals surface area contributed by atoms with E-state index in [1.165, 1.54) is 4.90 Å². The van der Waals surface area contributed by atoms with Crippen molar-refractivity contribution in [2.24, 2.45) is 5.92 Å². The predicted molar refractivity (Wildman–Crippen MR) is 116 cm³/mol. The van der Waals surface area contributed by atoms with Gasteiger partial charge in [0.15, 0.2) is 0 Å². The molecule has 3 heterocycles.